The number of hydrogen-bond acceptors (Lipinski definition) is 3. The van der Waals surface area contributed by atoms with Crippen LogP contribution in [0.5, 0.6) is 5.75 Å². The van der Waals surface area contributed by atoms with Gasteiger partial charge in [-0.25, -0.2) is 0 Å². The second-order valence-electron chi connectivity index (χ2n) is 4.64. The molecule has 0 saturated carbocycles. The SMILES string of the molecule is COc1cc(C)ccc1C(=O)/C=C/c1cccc(C#N)c1. The molecule has 0 aliphatic heterocycles. The van der Waals surface area contributed by atoms with E-state index in [1.165, 1.54) is 6.08 Å². The van der Waals surface area contributed by atoms with E-state index in [-0.39, 0.29) is 5.78 Å². The van der Waals surface area contributed by atoms with Crippen molar-refractivity contribution in [2.45, 2.75) is 6.92 Å². The van der Waals surface area contributed by atoms with Crippen LogP contribution in [0.4, 0.5) is 0 Å². The molecule has 0 fully saturated rings. The minimum atomic E-state index is -0.130. The van der Waals surface area contributed by atoms with Gasteiger partial charge in [0.05, 0.1) is 24.3 Å². The molecule has 0 saturated heterocycles. The molecule has 0 heterocycles. The van der Waals surface area contributed by atoms with Crippen LogP contribution in [0.25, 0.3) is 6.08 Å². The van der Waals surface area contributed by atoms with Crippen LogP contribution in [0.1, 0.15) is 27.0 Å². The van der Waals surface area contributed by atoms with Crippen molar-refractivity contribution >= 4 is 11.9 Å². The zero-order valence-electron chi connectivity index (χ0n) is 12.0. The van der Waals surface area contributed by atoms with Crippen molar-refractivity contribution in [3.63, 3.8) is 0 Å². The molecule has 0 amide bonds. The number of ether oxygens (including phenoxy) is 1. The number of carbonyl (C=O) groups excluding carboxylic acids is 1. The third-order valence-electron chi connectivity index (χ3n) is 3.07. The van der Waals surface area contributed by atoms with Gasteiger partial charge in [-0.15, -0.1) is 0 Å². The van der Waals surface area contributed by atoms with Crippen LogP contribution in [0.3, 0.4) is 0 Å². The molecule has 0 bridgehead atoms. The minimum Gasteiger partial charge on any atom is -0.496 e. The summed E-state index contributed by atoms with van der Waals surface area (Å²) in [7, 11) is 1.55. The molecule has 0 radical (unpaired) electrons. The molecule has 2 rings (SSSR count). The van der Waals surface area contributed by atoms with Crippen molar-refractivity contribution in [1.82, 2.24) is 0 Å². The Bertz CT molecular complexity index is 739. The van der Waals surface area contributed by atoms with Gasteiger partial charge < -0.3 is 4.74 Å². The second-order valence-corrected chi connectivity index (χ2v) is 4.64. The molecule has 0 N–H and O–H groups in total. The van der Waals surface area contributed by atoms with Crippen LogP contribution < -0.4 is 4.74 Å². The second kappa shape index (κ2) is 6.53. The first-order valence-electron chi connectivity index (χ1n) is 6.51. The van der Waals surface area contributed by atoms with Gasteiger partial charge in [0.2, 0.25) is 0 Å². The number of methoxy groups -OCH3 is 1. The molecule has 0 aliphatic carbocycles. The summed E-state index contributed by atoms with van der Waals surface area (Å²) in [5, 5.41) is 8.85. The summed E-state index contributed by atoms with van der Waals surface area (Å²) < 4.78 is 5.24. The molecule has 0 aliphatic rings. The molecule has 0 atom stereocenters. The summed E-state index contributed by atoms with van der Waals surface area (Å²) in [6, 6.07) is 14.6. The lowest BCUT2D eigenvalue weighted by Crippen LogP contribution is -1.99. The average Bonchev–Trinajstić information content (AvgIpc) is 2.52. The van der Waals surface area contributed by atoms with Crippen LogP contribution >= 0.6 is 0 Å². The van der Waals surface area contributed by atoms with E-state index < -0.39 is 0 Å². The van der Waals surface area contributed by atoms with Crippen molar-refractivity contribution < 1.29 is 9.53 Å². The molecule has 2 aromatic rings. The molecule has 21 heavy (non-hydrogen) atoms. The van der Waals surface area contributed by atoms with Gasteiger partial charge in [0, 0.05) is 0 Å². The number of ketones is 1. The van der Waals surface area contributed by atoms with Crippen molar-refractivity contribution in [2.75, 3.05) is 7.11 Å². The van der Waals surface area contributed by atoms with Crippen LogP contribution in [0.2, 0.25) is 0 Å². The van der Waals surface area contributed by atoms with Gasteiger partial charge in [-0.05, 0) is 48.4 Å². The van der Waals surface area contributed by atoms with Gasteiger partial charge in [-0.1, -0.05) is 24.3 Å². The van der Waals surface area contributed by atoms with Crippen molar-refractivity contribution in [2.24, 2.45) is 0 Å². The fraction of sp³-hybridized carbons (Fsp3) is 0.111. The van der Waals surface area contributed by atoms with E-state index in [1.807, 2.05) is 25.1 Å². The Morgan fingerprint density at radius 3 is 2.76 bits per heavy atom. The van der Waals surface area contributed by atoms with Gasteiger partial charge in [0.15, 0.2) is 5.78 Å². The Morgan fingerprint density at radius 2 is 2.05 bits per heavy atom. The maximum Gasteiger partial charge on any atom is 0.189 e. The van der Waals surface area contributed by atoms with Gasteiger partial charge >= 0.3 is 0 Å². The Hall–Kier alpha value is -2.86. The maximum absolute atomic E-state index is 12.2. The number of nitrogens with zero attached hydrogens (tertiary/aromatic N) is 1. The number of aryl methyl sites for hydroxylation is 1. The highest BCUT2D eigenvalue weighted by atomic mass is 16.5. The number of nitriles is 1. The molecule has 0 aromatic heterocycles. The summed E-state index contributed by atoms with van der Waals surface area (Å²) in [6.45, 7) is 1.94. The summed E-state index contributed by atoms with van der Waals surface area (Å²) in [5.41, 5.74) is 2.94. The summed E-state index contributed by atoms with van der Waals surface area (Å²) in [6.07, 6.45) is 3.19. The topological polar surface area (TPSA) is 50.1 Å². The lowest BCUT2D eigenvalue weighted by atomic mass is 10.1. The Balaban J connectivity index is 2.25. The quantitative estimate of drug-likeness (QED) is 0.631. The van der Waals surface area contributed by atoms with E-state index in [1.54, 1.807) is 37.5 Å². The maximum atomic E-state index is 12.2. The molecule has 0 unspecified atom stereocenters. The van der Waals surface area contributed by atoms with Crippen LogP contribution in [0, 0.1) is 18.3 Å². The van der Waals surface area contributed by atoms with Crippen LogP contribution in [-0.4, -0.2) is 12.9 Å². The van der Waals surface area contributed by atoms with E-state index >= 15 is 0 Å². The largest absolute Gasteiger partial charge is 0.496 e. The summed E-state index contributed by atoms with van der Waals surface area (Å²) >= 11 is 0. The highest BCUT2D eigenvalue weighted by molar-refractivity contribution is 6.08. The summed E-state index contributed by atoms with van der Waals surface area (Å²) in [4.78, 5) is 12.2. The van der Waals surface area contributed by atoms with E-state index in [0.29, 0.717) is 16.9 Å². The van der Waals surface area contributed by atoms with E-state index in [9.17, 15) is 4.79 Å². The van der Waals surface area contributed by atoms with Crippen molar-refractivity contribution in [3.8, 4) is 11.8 Å². The van der Waals surface area contributed by atoms with Gasteiger partial charge in [-0.2, -0.15) is 5.26 Å². The molecular weight excluding hydrogens is 262 g/mol. The predicted molar refractivity (Wildman–Crippen MR) is 82.3 cm³/mol. The van der Waals surface area contributed by atoms with Crippen molar-refractivity contribution in [1.29, 1.82) is 5.26 Å². The number of carbonyl (C=O) groups is 1. The normalized spacial score (nSPS) is 10.3. The molecular formula is C18H15NO2. The lowest BCUT2D eigenvalue weighted by Gasteiger charge is -2.06. The first-order chi connectivity index (χ1) is 10.1. The number of hydrogen-bond donors (Lipinski definition) is 0. The summed E-state index contributed by atoms with van der Waals surface area (Å²) in [5.74, 6) is 0.435. The first kappa shape index (κ1) is 14.5. The number of benzene rings is 2. The molecule has 3 nitrogen and oxygen atoms in total. The van der Waals surface area contributed by atoms with E-state index in [0.717, 1.165) is 11.1 Å². The molecule has 2 aromatic carbocycles. The van der Waals surface area contributed by atoms with Gasteiger partial charge in [0.25, 0.3) is 0 Å². The molecule has 3 heteroatoms. The fourth-order valence-electron chi connectivity index (χ4n) is 1.98. The zero-order chi connectivity index (χ0) is 15.2. The number of allylic oxidation sites excluding steroid dienone is 1. The van der Waals surface area contributed by atoms with Crippen molar-refractivity contribution in [3.05, 3.63) is 70.8 Å². The Labute approximate surface area is 124 Å². The average molecular weight is 277 g/mol. The van der Waals surface area contributed by atoms with Crippen LogP contribution in [-0.2, 0) is 0 Å². The zero-order valence-corrected chi connectivity index (χ0v) is 12.0. The van der Waals surface area contributed by atoms with Gasteiger partial charge in [0.1, 0.15) is 5.75 Å². The highest BCUT2D eigenvalue weighted by Gasteiger charge is 2.09. The monoisotopic (exact) mass is 277 g/mol. The van der Waals surface area contributed by atoms with E-state index in [2.05, 4.69) is 6.07 Å². The van der Waals surface area contributed by atoms with Crippen LogP contribution in [0.15, 0.2) is 48.5 Å². The minimum absolute atomic E-state index is 0.130. The predicted octanol–water partition coefficient (Wildman–Crippen LogP) is 3.77. The third kappa shape index (κ3) is 3.58. The third-order valence-corrected chi connectivity index (χ3v) is 3.07. The molecule has 0 spiro atoms. The van der Waals surface area contributed by atoms with Gasteiger partial charge in [-0.3, -0.25) is 4.79 Å². The lowest BCUT2D eigenvalue weighted by molar-refractivity contribution is 0.104. The smallest absolute Gasteiger partial charge is 0.189 e. The fourth-order valence-corrected chi connectivity index (χ4v) is 1.98. The van der Waals surface area contributed by atoms with E-state index in [4.69, 9.17) is 10.00 Å². The number of rotatable bonds is 4. The molecule has 104 valence electrons. The Kier molecular flexibility index (Phi) is 4.53. The standard InChI is InChI=1S/C18H15NO2/c1-13-6-8-16(18(10-13)21-2)17(20)9-7-14-4-3-5-15(11-14)12-19/h3-11H,1-2H3/b9-7+. The highest BCUT2D eigenvalue weighted by Crippen LogP contribution is 2.21. The first-order valence-corrected chi connectivity index (χ1v) is 6.51. The Morgan fingerprint density at radius 1 is 1.24 bits per heavy atom.